The zero-order chi connectivity index (χ0) is 10.8. The third-order valence-electron chi connectivity index (χ3n) is 2.41. The maximum atomic E-state index is 6.20. The quantitative estimate of drug-likeness (QED) is 0.826. The number of nitrogens with zero attached hydrogens (tertiary/aromatic N) is 1. The van der Waals surface area contributed by atoms with Gasteiger partial charge in [-0.1, -0.05) is 0 Å². The number of hydrogen-bond acceptors (Lipinski definition) is 2. The van der Waals surface area contributed by atoms with Crippen molar-refractivity contribution in [2.75, 3.05) is 11.9 Å². The first kappa shape index (κ1) is 11.7. The van der Waals surface area contributed by atoms with Crippen molar-refractivity contribution in [2.24, 2.45) is 5.92 Å². The molecule has 15 heavy (non-hydrogen) atoms. The van der Waals surface area contributed by atoms with Crippen LogP contribution in [0.25, 0.3) is 0 Å². The fraction of sp³-hybridized carbons (Fsp3) is 0.500. The summed E-state index contributed by atoms with van der Waals surface area (Å²) >= 11 is 13.0. The Hall–Kier alpha value is 0.200. The molecule has 0 aliphatic heterocycles. The van der Waals surface area contributed by atoms with E-state index in [1.807, 2.05) is 6.07 Å². The monoisotopic (exact) mass is 352 g/mol. The fourth-order valence-corrected chi connectivity index (χ4v) is 2.82. The summed E-state index contributed by atoms with van der Waals surface area (Å²) in [6.07, 6.45) is 4.31. The highest BCUT2D eigenvalue weighted by atomic mass is 79.9. The van der Waals surface area contributed by atoms with Crippen LogP contribution in [0.2, 0.25) is 0 Å². The number of halogens is 3. The number of pyridine rings is 1. The maximum absolute atomic E-state index is 6.20. The molecule has 0 amide bonds. The van der Waals surface area contributed by atoms with Crippen LogP contribution >= 0.6 is 43.5 Å². The van der Waals surface area contributed by atoms with Gasteiger partial charge in [0.15, 0.2) is 0 Å². The molecule has 1 aliphatic carbocycles. The summed E-state index contributed by atoms with van der Waals surface area (Å²) in [6, 6.07) is 1.97. The van der Waals surface area contributed by atoms with Crippen LogP contribution in [-0.4, -0.2) is 16.9 Å². The molecule has 0 bridgehead atoms. The summed E-state index contributed by atoms with van der Waals surface area (Å²) in [7, 11) is 0. The van der Waals surface area contributed by atoms with E-state index in [4.69, 9.17) is 11.6 Å². The molecule has 2 nitrogen and oxygen atoms in total. The van der Waals surface area contributed by atoms with Crippen LogP contribution in [0.3, 0.4) is 0 Å². The molecule has 2 rings (SSSR count). The average Bonchev–Trinajstić information content (AvgIpc) is 2.99. The topological polar surface area (TPSA) is 24.9 Å². The molecule has 0 aromatic carbocycles. The number of hydrogen-bond donors (Lipinski definition) is 1. The minimum atomic E-state index is 0.224. The van der Waals surface area contributed by atoms with Crippen molar-refractivity contribution in [3.8, 4) is 0 Å². The maximum Gasteiger partial charge on any atom is 0.140 e. The lowest BCUT2D eigenvalue weighted by Crippen LogP contribution is -2.16. The molecule has 5 heteroatoms. The third-order valence-corrected chi connectivity index (χ3v) is 3.95. The van der Waals surface area contributed by atoms with E-state index in [1.54, 1.807) is 6.20 Å². The first-order valence-corrected chi connectivity index (χ1v) is 6.88. The van der Waals surface area contributed by atoms with Crippen LogP contribution in [0.1, 0.15) is 12.8 Å². The van der Waals surface area contributed by atoms with Gasteiger partial charge < -0.3 is 5.32 Å². The van der Waals surface area contributed by atoms with Crippen LogP contribution in [0, 0.1) is 5.92 Å². The van der Waals surface area contributed by atoms with Gasteiger partial charge in [0, 0.05) is 17.2 Å². The van der Waals surface area contributed by atoms with Crippen LogP contribution in [0.15, 0.2) is 21.2 Å². The van der Waals surface area contributed by atoms with E-state index in [9.17, 15) is 0 Å². The van der Waals surface area contributed by atoms with E-state index in [0.29, 0.717) is 5.92 Å². The van der Waals surface area contributed by atoms with Gasteiger partial charge in [-0.2, -0.15) is 0 Å². The Morgan fingerprint density at radius 1 is 1.53 bits per heavy atom. The molecule has 1 aliphatic rings. The number of aromatic nitrogens is 1. The standard InChI is InChI=1S/C10H11Br2ClN2/c11-7-3-8(12)10(14-4-7)15-5-9(13)6-1-2-6/h3-4,6,9H,1-2,5H2,(H,14,15). The van der Waals surface area contributed by atoms with Crippen molar-refractivity contribution in [3.63, 3.8) is 0 Å². The van der Waals surface area contributed by atoms with Gasteiger partial charge in [0.25, 0.3) is 0 Å². The molecule has 1 atom stereocenters. The molecular weight excluding hydrogens is 343 g/mol. The zero-order valence-corrected chi connectivity index (χ0v) is 11.9. The smallest absolute Gasteiger partial charge is 0.140 e. The number of rotatable bonds is 4. The van der Waals surface area contributed by atoms with Crippen molar-refractivity contribution in [1.29, 1.82) is 0 Å². The van der Waals surface area contributed by atoms with Crippen LogP contribution in [0.4, 0.5) is 5.82 Å². The van der Waals surface area contributed by atoms with Crippen molar-refractivity contribution in [3.05, 3.63) is 21.2 Å². The van der Waals surface area contributed by atoms with Crippen LogP contribution in [0.5, 0.6) is 0 Å². The molecule has 1 fully saturated rings. The molecule has 1 aromatic rings. The van der Waals surface area contributed by atoms with Gasteiger partial charge in [-0.15, -0.1) is 11.6 Å². The molecule has 1 aromatic heterocycles. The van der Waals surface area contributed by atoms with Crippen molar-refractivity contribution < 1.29 is 0 Å². The van der Waals surface area contributed by atoms with Crippen molar-refractivity contribution >= 4 is 49.3 Å². The van der Waals surface area contributed by atoms with E-state index in [1.165, 1.54) is 12.8 Å². The molecule has 0 saturated heterocycles. The Morgan fingerprint density at radius 2 is 2.27 bits per heavy atom. The summed E-state index contributed by atoms with van der Waals surface area (Å²) < 4.78 is 1.92. The Labute approximate surface area is 111 Å². The van der Waals surface area contributed by atoms with Gasteiger partial charge in [-0.25, -0.2) is 4.98 Å². The highest BCUT2D eigenvalue weighted by molar-refractivity contribution is 9.11. The lowest BCUT2D eigenvalue weighted by molar-refractivity contribution is 0.768. The molecular formula is C10H11Br2ClN2. The molecule has 1 N–H and O–H groups in total. The lowest BCUT2D eigenvalue weighted by Gasteiger charge is -2.11. The minimum Gasteiger partial charge on any atom is -0.368 e. The third kappa shape index (κ3) is 3.33. The van der Waals surface area contributed by atoms with Gasteiger partial charge in [0.05, 0.1) is 9.85 Å². The first-order chi connectivity index (χ1) is 7.16. The Balaban J connectivity index is 1.92. The fourth-order valence-electron chi connectivity index (χ4n) is 1.36. The van der Waals surface area contributed by atoms with Gasteiger partial charge in [-0.3, -0.25) is 0 Å². The van der Waals surface area contributed by atoms with Gasteiger partial charge in [-0.05, 0) is 56.7 Å². The first-order valence-electron chi connectivity index (χ1n) is 4.86. The molecule has 1 saturated carbocycles. The van der Waals surface area contributed by atoms with Gasteiger partial charge in [0.2, 0.25) is 0 Å². The summed E-state index contributed by atoms with van der Waals surface area (Å²) in [4.78, 5) is 4.27. The molecule has 0 spiro atoms. The predicted molar refractivity (Wildman–Crippen MR) is 70.5 cm³/mol. The highest BCUT2D eigenvalue weighted by Gasteiger charge is 2.29. The van der Waals surface area contributed by atoms with Crippen molar-refractivity contribution in [1.82, 2.24) is 4.98 Å². The SMILES string of the molecule is ClC(CNc1ncc(Br)cc1Br)C1CC1. The summed E-state index contributed by atoms with van der Waals surface area (Å²) in [5, 5.41) is 3.47. The summed E-state index contributed by atoms with van der Waals surface area (Å²) in [5.74, 6) is 1.55. The normalized spacial score (nSPS) is 17.5. The number of nitrogens with one attached hydrogen (secondary N) is 1. The second kappa shape index (κ2) is 5.02. The second-order valence-corrected chi connectivity index (χ2v) is 6.05. The van der Waals surface area contributed by atoms with Gasteiger partial charge >= 0.3 is 0 Å². The zero-order valence-electron chi connectivity index (χ0n) is 8.01. The Morgan fingerprint density at radius 3 is 2.87 bits per heavy atom. The minimum absolute atomic E-state index is 0.224. The number of anilines is 1. The number of alkyl halides is 1. The molecule has 1 unspecified atom stereocenters. The van der Waals surface area contributed by atoms with E-state index < -0.39 is 0 Å². The molecule has 82 valence electrons. The molecule has 1 heterocycles. The average molecular weight is 354 g/mol. The predicted octanol–water partition coefficient (Wildman–Crippen LogP) is 4.04. The second-order valence-electron chi connectivity index (χ2n) is 3.72. The largest absolute Gasteiger partial charge is 0.368 e. The summed E-state index contributed by atoms with van der Waals surface area (Å²) in [6.45, 7) is 0.777. The van der Waals surface area contributed by atoms with E-state index in [0.717, 1.165) is 21.3 Å². The van der Waals surface area contributed by atoms with Crippen molar-refractivity contribution in [2.45, 2.75) is 18.2 Å². The van der Waals surface area contributed by atoms with Gasteiger partial charge in [0.1, 0.15) is 5.82 Å². The van der Waals surface area contributed by atoms with E-state index in [2.05, 4.69) is 42.2 Å². The lowest BCUT2D eigenvalue weighted by atomic mass is 10.3. The Kier molecular flexibility index (Phi) is 3.91. The van der Waals surface area contributed by atoms with E-state index in [-0.39, 0.29) is 5.38 Å². The van der Waals surface area contributed by atoms with E-state index >= 15 is 0 Å². The van der Waals surface area contributed by atoms with Crippen LogP contribution in [-0.2, 0) is 0 Å². The molecule has 0 radical (unpaired) electrons. The summed E-state index contributed by atoms with van der Waals surface area (Å²) in [5.41, 5.74) is 0. The Bertz CT molecular complexity index is 355. The highest BCUT2D eigenvalue weighted by Crippen LogP contribution is 2.35. The van der Waals surface area contributed by atoms with Crippen LogP contribution < -0.4 is 5.32 Å².